The van der Waals surface area contributed by atoms with Gasteiger partial charge in [-0.25, -0.2) is 0 Å². The number of hydrogen-bond donors (Lipinski definition) is 1. The van der Waals surface area contributed by atoms with E-state index in [0.717, 1.165) is 37.6 Å². The normalized spacial score (nSPS) is 18.1. The van der Waals surface area contributed by atoms with E-state index in [1.165, 1.54) is 11.1 Å². The third-order valence-electron chi connectivity index (χ3n) is 4.19. The highest BCUT2D eigenvalue weighted by atomic mass is 16.5. The number of aryl methyl sites for hydroxylation is 1. The predicted molar refractivity (Wildman–Crippen MR) is 77.8 cm³/mol. The van der Waals surface area contributed by atoms with Gasteiger partial charge in [0.2, 0.25) is 5.89 Å². The Morgan fingerprint density at radius 1 is 1.25 bits per heavy atom. The molecule has 0 unspecified atom stereocenters. The van der Waals surface area contributed by atoms with Crippen LogP contribution in [-0.4, -0.2) is 23.2 Å². The Kier molecular flexibility index (Phi) is 3.83. The molecule has 20 heavy (non-hydrogen) atoms. The second-order valence-corrected chi connectivity index (χ2v) is 5.59. The van der Waals surface area contributed by atoms with Gasteiger partial charge in [0.15, 0.2) is 5.82 Å². The summed E-state index contributed by atoms with van der Waals surface area (Å²) in [6.07, 6.45) is 2.17. The van der Waals surface area contributed by atoms with Crippen LogP contribution in [0.2, 0.25) is 0 Å². The molecule has 1 fully saturated rings. The zero-order valence-corrected chi connectivity index (χ0v) is 12.1. The molecular weight excluding hydrogens is 250 g/mol. The van der Waals surface area contributed by atoms with Gasteiger partial charge in [-0.3, -0.25) is 0 Å². The quantitative estimate of drug-likeness (QED) is 0.932. The van der Waals surface area contributed by atoms with Crippen molar-refractivity contribution in [1.82, 2.24) is 15.5 Å². The summed E-state index contributed by atoms with van der Waals surface area (Å²) in [6.45, 7) is 6.34. The Labute approximate surface area is 119 Å². The molecule has 1 saturated heterocycles. The Hall–Kier alpha value is -1.68. The minimum Gasteiger partial charge on any atom is -0.339 e. The maximum atomic E-state index is 5.50. The minimum atomic E-state index is 0.176. The Balaban J connectivity index is 1.81. The molecule has 0 amide bonds. The Bertz CT molecular complexity index is 573. The van der Waals surface area contributed by atoms with Gasteiger partial charge in [0.25, 0.3) is 0 Å². The highest BCUT2D eigenvalue weighted by Crippen LogP contribution is 2.28. The number of rotatable bonds is 3. The van der Waals surface area contributed by atoms with Crippen molar-refractivity contribution in [3.63, 3.8) is 0 Å². The van der Waals surface area contributed by atoms with E-state index < -0.39 is 0 Å². The van der Waals surface area contributed by atoms with Crippen molar-refractivity contribution >= 4 is 0 Å². The van der Waals surface area contributed by atoms with Gasteiger partial charge in [0.05, 0.1) is 0 Å². The average Bonchev–Trinajstić information content (AvgIpc) is 2.98. The molecule has 0 aliphatic carbocycles. The summed E-state index contributed by atoms with van der Waals surface area (Å²) in [5.41, 5.74) is 2.54. The molecule has 1 aromatic carbocycles. The van der Waals surface area contributed by atoms with E-state index in [2.05, 4.69) is 53.6 Å². The molecule has 1 aliphatic heterocycles. The molecule has 0 spiro atoms. The SMILES string of the molecule is Cc1ccccc1[C@H](C)c1noc(C2CCNCC2)n1. The number of benzene rings is 1. The minimum absolute atomic E-state index is 0.176. The summed E-state index contributed by atoms with van der Waals surface area (Å²) in [7, 11) is 0. The molecule has 106 valence electrons. The van der Waals surface area contributed by atoms with Crippen molar-refractivity contribution in [2.75, 3.05) is 13.1 Å². The van der Waals surface area contributed by atoms with Crippen LogP contribution >= 0.6 is 0 Å². The molecule has 4 heteroatoms. The van der Waals surface area contributed by atoms with Crippen molar-refractivity contribution in [3.05, 3.63) is 47.1 Å². The maximum Gasteiger partial charge on any atom is 0.229 e. The summed E-state index contributed by atoms with van der Waals surface area (Å²) >= 11 is 0. The molecular formula is C16H21N3O. The van der Waals surface area contributed by atoms with Crippen molar-refractivity contribution in [3.8, 4) is 0 Å². The van der Waals surface area contributed by atoms with E-state index in [9.17, 15) is 0 Å². The monoisotopic (exact) mass is 271 g/mol. The smallest absolute Gasteiger partial charge is 0.229 e. The van der Waals surface area contributed by atoms with Gasteiger partial charge in [-0.05, 0) is 44.0 Å². The standard InChI is InChI=1S/C16H21N3O/c1-11-5-3-4-6-14(11)12(2)15-18-16(20-19-15)13-7-9-17-10-8-13/h3-6,12-13,17H,7-10H2,1-2H3/t12-/m0/s1. The van der Waals surface area contributed by atoms with E-state index in [0.29, 0.717) is 5.92 Å². The first-order valence-electron chi connectivity index (χ1n) is 7.35. The number of aromatic nitrogens is 2. The van der Waals surface area contributed by atoms with Crippen LogP contribution in [0.3, 0.4) is 0 Å². The summed E-state index contributed by atoms with van der Waals surface area (Å²) in [5, 5.41) is 7.56. The number of nitrogens with one attached hydrogen (secondary N) is 1. The molecule has 1 atom stereocenters. The molecule has 2 aromatic rings. The van der Waals surface area contributed by atoms with Crippen LogP contribution in [0.4, 0.5) is 0 Å². The largest absolute Gasteiger partial charge is 0.339 e. The first-order chi connectivity index (χ1) is 9.75. The lowest BCUT2D eigenvalue weighted by Gasteiger charge is -2.18. The fourth-order valence-corrected chi connectivity index (χ4v) is 2.87. The molecule has 4 nitrogen and oxygen atoms in total. The Morgan fingerprint density at radius 3 is 2.75 bits per heavy atom. The van der Waals surface area contributed by atoms with Crippen LogP contribution in [0.25, 0.3) is 0 Å². The second kappa shape index (κ2) is 5.75. The van der Waals surface area contributed by atoms with Crippen molar-refractivity contribution in [2.45, 2.75) is 38.5 Å². The number of piperidine rings is 1. The van der Waals surface area contributed by atoms with Gasteiger partial charge in [-0.1, -0.05) is 36.3 Å². The van der Waals surface area contributed by atoms with E-state index in [4.69, 9.17) is 4.52 Å². The van der Waals surface area contributed by atoms with Gasteiger partial charge in [0, 0.05) is 11.8 Å². The average molecular weight is 271 g/mol. The third kappa shape index (κ3) is 2.61. The molecule has 1 N–H and O–H groups in total. The van der Waals surface area contributed by atoms with Crippen molar-refractivity contribution < 1.29 is 4.52 Å². The zero-order valence-electron chi connectivity index (χ0n) is 12.1. The van der Waals surface area contributed by atoms with Crippen LogP contribution in [0, 0.1) is 6.92 Å². The van der Waals surface area contributed by atoms with E-state index >= 15 is 0 Å². The Morgan fingerprint density at radius 2 is 2.00 bits per heavy atom. The summed E-state index contributed by atoms with van der Waals surface area (Å²) in [4.78, 5) is 4.65. The molecule has 0 bridgehead atoms. The predicted octanol–water partition coefficient (Wildman–Crippen LogP) is 3.00. The molecule has 1 aromatic heterocycles. The van der Waals surface area contributed by atoms with Gasteiger partial charge >= 0.3 is 0 Å². The third-order valence-corrected chi connectivity index (χ3v) is 4.19. The molecule has 2 heterocycles. The van der Waals surface area contributed by atoms with Crippen LogP contribution in [0.1, 0.15) is 54.4 Å². The van der Waals surface area contributed by atoms with Gasteiger partial charge in [0.1, 0.15) is 0 Å². The summed E-state index contributed by atoms with van der Waals surface area (Å²) < 4.78 is 5.50. The highest BCUT2D eigenvalue weighted by molar-refractivity contribution is 5.32. The topological polar surface area (TPSA) is 51.0 Å². The highest BCUT2D eigenvalue weighted by Gasteiger charge is 2.23. The number of nitrogens with zero attached hydrogens (tertiary/aromatic N) is 2. The number of hydrogen-bond acceptors (Lipinski definition) is 4. The van der Waals surface area contributed by atoms with E-state index in [1.54, 1.807) is 0 Å². The van der Waals surface area contributed by atoms with Crippen LogP contribution in [-0.2, 0) is 0 Å². The fourth-order valence-electron chi connectivity index (χ4n) is 2.87. The molecule has 3 rings (SSSR count). The van der Waals surface area contributed by atoms with Crippen molar-refractivity contribution in [1.29, 1.82) is 0 Å². The zero-order chi connectivity index (χ0) is 13.9. The molecule has 0 saturated carbocycles. The summed E-state index contributed by atoms with van der Waals surface area (Å²) in [6, 6.07) is 8.38. The summed E-state index contributed by atoms with van der Waals surface area (Å²) in [5.74, 6) is 2.20. The van der Waals surface area contributed by atoms with Crippen LogP contribution in [0.15, 0.2) is 28.8 Å². The lowest BCUT2D eigenvalue weighted by Crippen LogP contribution is -2.26. The van der Waals surface area contributed by atoms with Crippen LogP contribution in [0.5, 0.6) is 0 Å². The molecule has 0 radical (unpaired) electrons. The first kappa shape index (κ1) is 13.3. The van der Waals surface area contributed by atoms with Gasteiger partial charge < -0.3 is 9.84 Å². The van der Waals surface area contributed by atoms with E-state index in [1.807, 2.05) is 0 Å². The maximum absolute atomic E-state index is 5.50. The first-order valence-corrected chi connectivity index (χ1v) is 7.35. The second-order valence-electron chi connectivity index (χ2n) is 5.59. The van der Waals surface area contributed by atoms with Crippen molar-refractivity contribution in [2.24, 2.45) is 0 Å². The van der Waals surface area contributed by atoms with Gasteiger partial charge in [-0.2, -0.15) is 4.98 Å². The van der Waals surface area contributed by atoms with Gasteiger partial charge in [-0.15, -0.1) is 0 Å². The lowest BCUT2D eigenvalue weighted by atomic mass is 9.95. The van der Waals surface area contributed by atoms with Crippen LogP contribution < -0.4 is 5.32 Å². The van der Waals surface area contributed by atoms with E-state index in [-0.39, 0.29) is 5.92 Å². The fraction of sp³-hybridized carbons (Fsp3) is 0.500. The lowest BCUT2D eigenvalue weighted by molar-refractivity contribution is 0.318. The molecule has 1 aliphatic rings.